The van der Waals surface area contributed by atoms with Crippen LogP contribution in [0.5, 0.6) is 0 Å². The maximum Gasteiger partial charge on any atom is 0.252 e. The predicted octanol–water partition coefficient (Wildman–Crippen LogP) is 1.98. The molecule has 0 fully saturated rings. The van der Waals surface area contributed by atoms with E-state index in [1.807, 2.05) is 19.2 Å². The molecule has 0 unspecified atom stereocenters. The number of thiophene rings is 1. The fourth-order valence-corrected chi connectivity index (χ4v) is 2.00. The van der Waals surface area contributed by atoms with Gasteiger partial charge in [0.2, 0.25) is 0 Å². The van der Waals surface area contributed by atoms with Crippen LogP contribution in [0.15, 0.2) is 15.2 Å². The summed E-state index contributed by atoms with van der Waals surface area (Å²) < 4.78 is 0.952. The number of rotatable bonds is 3. The predicted molar refractivity (Wildman–Crippen MR) is 62.6 cm³/mol. The first-order valence-electron chi connectivity index (χ1n) is 4.21. The molecule has 0 saturated heterocycles. The molecule has 0 saturated carbocycles. The average molecular weight is 277 g/mol. The number of nitrogens with two attached hydrogens (primary N) is 1. The van der Waals surface area contributed by atoms with Crippen molar-refractivity contribution in [3.05, 3.63) is 20.8 Å². The zero-order valence-corrected chi connectivity index (χ0v) is 10.5. The summed E-state index contributed by atoms with van der Waals surface area (Å²) in [6.07, 6.45) is 0. The van der Waals surface area contributed by atoms with Crippen LogP contribution in [0, 0.1) is 0 Å². The molecule has 3 N–H and O–H groups in total. The highest BCUT2D eigenvalue weighted by atomic mass is 79.9. The quantitative estimate of drug-likeness (QED) is 0.887. The molecule has 1 heterocycles. The number of carbonyl (C=O) groups excluding carboxylic acids is 1. The number of nitrogens with one attached hydrogen (secondary N) is 1. The van der Waals surface area contributed by atoms with Crippen LogP contribution >= 0.6 is 27.3 Å². The molecule has 0 spiro atoms. The van der Waals surface area contributed by atoms with Crippen molar-refractivity contribution in [3.8, 4) is 0 Å². The van der Waals surface area contributed by atoms with Crippen LogP contribution < -0.4 is 11.1 Å². The summed E-state index contributed by atoms with van der Waals surface area (Å²) in [5.41, 5.74) is 5.83. The van der Waals surface area contributed by atoms with Crippen LogP contribution in [-0.4, -0.2) is 18.0 Å². The van der Waals surface area contributed by atoms with Gasteiger partial charge in [-0.3, -0.25) is 4.79 Å². The van der Waals surface area contributed by atoms with Crippen molar-refractivity contribution < 1.29 is 4.79 Å². The Labute approximate surface area is 95.8 Å². The lowest BCUT2D eigenvalue weighted by Crippen LogP contribution is -2.48. The number of carbonyl (C=O) groups is 1. The Morgan fingerprint density at radius 2 is 2.36 bits per heavy atom. The summed E-state index contributed by atoms with van der Waals surface area (Å²) >= 11 is 4.80. The minimum atomic E-state index is -0.356. The second-order valence-electron chi connectivity index (χ2n) is 3.68. The molecule has 1 aromatic rings. The fraction of sp³-hybridized carbons (Fsp3) is 0.444. The molecule has 0 radical (unpaired) electrons. The Hall–Kier alpha value is -0.390. The van der Waals surface area contributed by atoms with Crippen molar-refractivity contribution in [2.24, 2.45) is 5.73 Å². The van der Waals surface area contributed by atoms with Crippen molar-refractivity contribution in [2.75, 3.05) is 6.54 Å². The molecule has 1 amide bonds. The smallest absolute Gasteiger partial charge is 0.252 e. The molecule has 1 rings (SSSR count). The molecule has 0 bridgehead atoms. The lowest BCUT2D eigenvalue weighted by molar-refractivity contribution is 0.0916. The Kier molecular flexibility index (Phi) is 3.69. The highest BCUT2D eigenvalue weighted by Crippen LogP contribution is 2.20. The maximum absolute atomic E-state index is 11.7. The van der Waals surface area contributed by atoms with Gasteiger partial charge >= 0.3 is 0 Å². The molecular formula is C9H13BrN2OS. The van der Waals surface area contributed by atoms with E-state index < -0.39 is 0 Å². The van der Waals surface area contributed by atoms with E-state index in [2.05, 4.69) is 21.2 Å². The van der Waals surface area contributed by atoms with Crippen LogP contribution in [0.2, 0.25) is 0 Å². The van der Waals surface area contributed by atoms with Gasteiger partial charge in [-0.15, -0.1) is 11.3 Å². The van der Waals surface area contributed by atoms with E-state index >= 15 is 0 Å². The molecule has 0 atom stereocenters. The summed E-state index contributed by atoms with van der Waals surface area (Å²) in [7, 11) is 0. The van der Waals surface area contributed by atoms with Crippen molar-refractivity contribution in [2.45, 2.75) is 19.4 Å². The van der Waals surface area contributed by atoms with Gasteiger partial charge in [0.25, 0.3) is 5.91 Å². The van der Waals surface area contributed by atoms with Gasteiger partial charge in [-0.2, -0.15) is 0 Å². The van der Waals surface area contributed by atoms with Gasteiger partial charge in [-0.1, -0.05) is 0 Å². The van der Waals surface area contributed by atoms with Crippen molar-refractivity contribution >= 4 is 33.2 Å². The zero-order valence-electron chi connectivity index (χ0n) is 8.13. The van der Waals surface area contributed by atoms with Gasteiger partial charge in [-0.25, -0.2) is 0 Å². The summed E-state index contributed by atoms with van der Waals surface area (Å²) in [4.78, 5) is 11.7. The van der Waals surface area contributed by atoms with E-state index in [1.54, 1.807) is 6.07 Å². The minimum absolute atomic E-state index is 0.0811. The summed E-state index contributed by atoms with van der Waals surface area (Å²) in [6, 6.07) is 1.80. The van der Waals surface area contributed by atoms with Crippen molar-refractivity contribution in [1.82, 2.24) is 5.32 Å². The monoisotopic (exact) mass is 276 g/mol. The molecule has 5 heteroatoms. The Bertz CT molecular complexity index is 335. The highest BCUT2D eigenvalue weighted by molar-refractivity contribution is 9.11. The maximum atomic E-state index is 11.7. The van der Waals surface area contributed by atoms with Crippen LogP contribution in [0.1, 0.15) is 24.2 Å². The molecule has 1 aromatic heterocycles. The first-order valence-corrected chi connectivity index (χ1v) is 5.88. The largest absolute Gasteiger partial charge is 0.346 e. The Morgan fingerprint density at radius 3 is 2.79 bits per heavy atom. The van der Waals surface area contributed by atoms with Crippen LogP contribution in [-0.2, 0) is 0 Å². The van der Waals surface area contributed by atoms with Crippen molar-refractivity contribution in [3.63, 3.8) is 0 Å². The molecule has 0 aliphatic carbocycles. The number of amides is 1. The third kappa shape index (κ3) is 3.08. The van der Waals surface area contributed by atoms with Crippen LogP contribution in [0.3, 0.4) is 0 Å². The SMILES string of the molecule is CC(C)(CN)NC(=O)c1csc(Br)c1. The fourth-order valence-electron chi connectivity index (χ4n) is 0.860. The van der Waals surface area contributed by atoms with E-state index in [4.69, 9.17) is 5.73 Å². The van der Waals surface area contributed by atoms with E-state index in [9.17, 15) is 4.79 Å². The topological polar surface area (TPSA) is 55.1 Å². The first kappa shape index (κ1) is 11.7. The van der Waals surface area contributed by atoms with E-state index in [-0.39, 0.29) is 11.4 Å². The summed E-state index contributed by atoms with van der Waals surface area (Å²) in [5.74, 6) is -0.0811. The normalized spacial score (nSPS) is 11.4. The average Bonchev–Trinajstić information content (AvgIpc) is 2.51. The number of halogens is 1. The third-order valence-electron chi connectivity index (χ3n) is 1.79. The lowest BCUT2D eigenvalue weighted by Gasteiger charge is -2.23. The molecule has 0 aliphatic rings. The minimum Gasteiger partial charge on any atom is -0.346 e. The van der Waals surface area contributed by atoms with Gasteiger partial charge in [0.1, 0.15) is 0 Å². The Morgan fingerprint density at radius 1 is 1.71 bits per heavy atom. The van der Waals surface area contributed by atoms with E-state index in [0.29, 0.717) is 12.1 Å². The molecule has 0 aromatic carbocycles. The third-order valence-corrected chi connectivity index (χ3v) is 3.30. The van der Waals surface area contributed by atoms with Crippen molar-refractivity contribution in [1.29, 1.82) is 0 Å². The first-order chi connectivity index (χ1) is 6.44. The molecule has 0 aliphatic heterocycles. The molecule has 14 heavy (non-hydrogen) atoms. The van der Waals surface area contributed by atoms with Gasteiger partial charge in [-0.05, 0) is 35.8 Å². The molecule has 78 valence electrons. The van der Waals surface area contributed by atoms with Gasteiger partial charge in [0.15, 0.2) is 0 Å². The second-order valence-corrected chi connectivity index (χ2v) is 5.97. The Balaban J connectivity index is 2.68. The number of hydrogen-bond acceptors (Lipinski definition) is 3. The highest BCUT2D eigenvalue weighted by Gasteiger charge is 2.19. The van der Waals surface area contributed by atoms with Crippen LogP contribution in [0.4, 0.5) is 0 Å². The van der Waals surface area contributed by atoms with Gasteiger partial charge in [0.05, 0.1) is 9.35 Å². The van der Waals surface area contributed by atoms with E-state index in [0.717, 1.165) is 3.79 Å². The number of hydrogen-bond donors (Lipinski definition) is 2. The summed E-state index contributed by atoms with van der Waals surface area (Å²) in [6.45, 7) is 4.21. The zero-order chi connectivity index (χ0) is 10.8. The lowest BCUT2D eigenvalue weighted by atomic mass is 10.1. The van der Waals surface area contributed by atoms with Gasteiger partial charge in [0, 0.05) is 17.5 Å². The molecule has 3 nitrogen and oxygen atoms in total. The van der Waals surface area contributed by atoms with Crippen LogP contribution in [0.25, 0.3) is 0 Å². The second kappa shape index (κ2) is 4.42. The summed E-state index contributed by atoms with van der Waals surface area (Å²) in [5, 5.41) is 4.67. The van der Waals surface area contributed by atoms with Gasteiger partial charge < -0.3 is 11.1 Å². The standard InChI is InChI=1S/C9H13BrN2OS/c1-9(2,5-11)12-8(13)6-3-7(10)14-4-6/h3-4H,5,11H2,1-2H3,(H,12,13). The van der Waals surface area contributed by atoms with E-state index in [1.165, 1.54) is 11.3 Å². The molecular weight excluding hydrogens is 264 g/mol.